The van der Waals surface area contributed by atoms with Crippen LogP contribution in [0.3, 0.4) is 0 Å². The molecule has 4 heterocycles. The van der Waals surface area contributed by atoms with Crippen LogP contribution in [0.2, 0.25) is 0 Å². The van der Waals surface area contributed by atoms with E-state index in [1.54, 1.807) is 0 Å². The molecule has 0 bridgehead atoms. The molecular weight excluding hydrogens is 608 g/mol. The van der Waals surface area contributed by atoms with E-state index in [1.807, 2.05) is 0 Å². The third kappa shape index (κ3) is 4.49. The first-order valence-electron chi connectivity index (χ1n) is 11.1. The molecule has 1 fully saturated rings. The second-order valence-electron chi connectivity index (χ2n) is 8.80. The minimum atomic E-state index is -3.28. The average molecular weight is 627 g/mol. The van der Waals surface area contributed by atoms with Crippen molar-refractivity contribution >= 4 is 61.1 Å². The minimum Gasteiger partial charge on any atom is -0.456 e. The molecule has 3 unspecified atom stereocenters. The summed E-state index contributed by atoms with van der Waals surface area (Å²) in [5.41, 5.74) is 1.07. The van der Waals surface area contributed by atoms with Crippen LogP contribution in [-0.2, 0) is 52.6 Å². The lowest BCUT2D eigenvalue weighted by Gasteiger charge is -2.51. The van der Waals surface area contributed by atoms with Gasteiger partial charge in [0, 0.05) is 24.5 Å². The first-order chi connectivity index (χ1) is 17.9. The first kappa shape index (κ1) is 26.4. The maximum Gasteiger partial charge on any atom is 0.355 e. The molecule has 0 aliphatic carbocycles. The number of thioether (sulfide) groups is 1. The van der Waals surface area contributed by atoms with Gasteiger partial charge < -0.3 is 9.47 Å². The molecule has 5 rings (SSSR count). The zero-order chi connectivity index (χ0) is 27.4. The number of aryl methyl sites for hydroxylation is 1. The van der Waals surface area contributed by atoms with E-state index in [9.17, 15) is 32.9 Å². The molecule has 16 heteroatoms. The lowest BCUT2D eigenvalue weighted by atomic mass is 9.88. The number of alkyl halides is 1. The van der Waals surface area contributed by atoms with E-state index in [4.69, 9.17) is 9.47 Å². The predicted octanol–water partition coefficient (Wildman–Crippen LogP) is 1.96. The largest absolute Gasteiger partial charge is 0.456 e. The Morgan fingerprint density at radius 1 is 1.34 bits per heavy atom. The van der Waals surface area contributed by atoms with Crippen molar-refractivity contribution in [3.8, 4) is 0 Å². The van der Waals surface area contributed by atoms with Crippen LogP contribution in [0, 0.1) is 10.1 Å². The second-order valence-corrected chi connectivity index (χ2v) is 13.3. The van der Waals surface area contributed by atoms with E-state index >= 15 is 0 Å². The number of ether oxygens (including phenoxy) is 2. The Bertz CT molecular complexity index is 1500. The molecule has 1 aromatic carbocycles. The Balaban J connectivity index is 1.32. The van der Waals surface area contributed by atoms with Crippen LogP contribution in [0.1, 0.15) is 30.0 Å². The average Bonchev–Trinajstić information content (AvgIpc) is 3.47. The predicted molar refractivity (Wildman–Crippen MR) is 135 cm³/mol. The van der Waals surface area contributed by atoms with Crippen LogP contribution in [0.5, 0.6) is 0 Å². The SMILES string of the molecule is CC(=O)OC(c1cc2n(n1)CCS(=O)(=O)C2)C1(Br)C(=O)N2C(C(=O)OCc3ccc([N+](=O)[O-])cc3)=CSC21. The third-order valence-corrected chi connectivity index (χ3v) is 10.5. The fourth-order valence-corrected chi connectivity index (χ4v) is 7.94. The third-order valence-electron chi connectivity index (χ3n) is 6.23. The summed E-state index contributed by atoms with van der Waals surface area (Å²) in [6.07, 6.45) is -1.19. The number of nitro groups is 1. The molecule has 0 saturated carbocycles. The molecule has 1 amide bonds. The number of benzene rings is 1. The zero-order valence-corrected chi connectivity index (χ0v) is 22.8. The smallest absolute Gasteiger partial charge is 0.355 e. The summed E-state index contributed by atoms with van der Waals surface area (Å²) >= 11 is 4.61. The van der Waals surface area contributed by atoms with Gasteiger partial charge in [0.25, 0.3) is 11.6 Å². The number of hydrogen-bond acceptors (Lipinski definition) is 11. The Morgan fingerprint density at radius 2 is 2.05 bits per heavy atom. The van der Waals surface area contributed by atoms with Gasteiger partial charge in [-0.25, -0.2) is 13.2 Å². The van der Waals surface area contributed by atoms with Gasteiger partial charge in [-0.1, -0.05) is 15.9 Å². The van der Waals surface area contributed by atoms with Crippen molar-refractivity contribution < 1.29 is 37.2 Å². The van der Waals surface area contributed by atoms with E-state index in [0.717, 1.165) is 11.8 Å². The number of carbonyl (C=O) groups is 3. The zero-order valence-electron chi connectivity index (χ0n) is 19.6. The minimum absolute atomic E-state index is 0.00112. The molecule has 38 heavy (non-hydrogen) atoms. The van der Waals surface area contributed by atoms with Gasteiger partial charge in [-0.15, -0.1) is 11.8 Å². The number of fused-ring (bicyclic) bond motifs is 2. The van der Waals surface area contributed by atoms with Gasteiger partial charge in [0.15, 0.2) is 20.3 Å². The summed E-state index contributed by atoms with van der Waals surface area (Å²) in [7, 11) is -3.28. The highest BCUT2D eigenvalue weighted by Gasteiger charge is 2.69. The number of β-lactam (4-membered cyclic amide) rings is 1. The number of non-ortho nitro benzene ring substituents is 1. The fourth-order valence-electron chi connectivity index (χ4n) is 4.39. The molecule has 0 N–H and O–H groups in total. The van der Waals surface area contributed by atoms with Crippen molar-refractivity contribution in [3.05, 3.63) is 68.5 Å². The Morgan fingerprint density at radius 3 is 2.71 bits per heavy atom. The lowest BCUT2D eigenvalue weighted by Crippen LogP contribution is -2.70. The number of halogens is 1. The maximum absolute atomic E-state index is 13.4. The number of esters is 2. The van der Waals surface area contributed by atoms with Gasteiger partial charge in [0.1, 0.15) is 23.4 Å². The summed E-state index contributed by atoms with van der Waals surface area (Å²) in [6.45, 7) is 1.17. The van der Waals surface area contributed by atoms with Crippen molar-refractivity contribution in [1.29, 1.82) is 0 Å². The molecule has 200 valence electrons. The Kier molecular flexibility index (Phi) is 6.59. The van der Waals surface area contributed by atoms with Gasteiger partial charge in [-0.05, 0) is 23.8 Å². The van der Waals surface area contributed by atoms with Crippen LogP contribution >= 0.6 is 27.7 Å². The standard InChI is InChI=1S/C22H19BrN4O9S2/c1-12(28)36-18(16-8-15-11-38(33,34)7-6-25(15)24-16)22(23)20(30)26-17(10-37-21(22)26)19(29)35-9-13-2-4-14(5-3-13)27(31)32/h2-5,8,10,18,21H,6-7,9,11H2,1H3. The number of nitrogens with zero attached hydrogens (tertiary/aromatic N) is 4. The van der Waals surface area contributed by atoms with Crippen molar-refractivity contribution in [3.63, 3.8) is 0 Å². The number of nitro benzene ring substituents is 1. The molecule has 3 atom stereocenters. The van der Waals surface area contributed by atoms with Crippen LogP contribution in [0.25, 0.3) is 0 Å². The number of aromatic nitrogens is 2. The maximum atomic E-state index is 13.4. The monoisotopic (exact) mass is 626 g/mol. The molecule has 0 radical (unpaired) electrons. The van der Waals surface area contributed by atoms with Crippen LogP contribution in [0.15, 0.2) is 41.4 Å². The summed E-state index contributed by atoms with van der Waals surface area (Å²) in [5, 5.41) is 16.0. The molecule has 2 aromatic rings. The molecule has 1 aromatic heterocycles. The normalized spacial score (nSPS) is 23.9. The highest BCUT2D eigenvalue weighted by atomic mass is 79.9. The highest BCUT2D eigenvalue weighted by molar-refractivity contribution is 9.10. The van der Waals surface area contributed by atoms with Gasteiger partial charge in [0.2, 0.25) is 0 Å². The van der Waals surface area contributed by atoms with Gasteiger partial charge in [-0.3, -0.25) is 29.3 Å². The molecule has 1 saturated heterocycles. The summed E-state index contributed by atoms with van der Waals surface area (Å²) in [5.74, 6) is -2.28. The number of hydrogen-bond donors (Lipinski definition) is 0. The lowest BCUT2D eigenvalue weighted by molar-refractivity contribution is -0.384. The summed E-state index contributed by atoms with van der Waals surface area (Å²) in [6, 6.07) is 7.02. The van der Waals surface area contributed by atoms with Crippen LogP contribution in [0.4, 0.5) is 5.69 Å². The molecule has 13 nitrogen and oxygen atoms in total. The van der Waals surface area contributed by atoms with E-state index in [0.29, 0.717) is 11.3 Å². The summed E-state index contributed by atoms with van der Waals surface area (Å²) in [4.78, 5) is 49.7. The molecule has 3 aliphatic heterocycles. The molecule has 3 aliphatic rings. The number of carbonyl (C=O) groups excluding carboxylic acids is 3. The number of rotatable bonds is 7. The molecule has 0 spiro atoms. The highest BCUT2D eigenvalue weighted by Crippen LogP contribution is 2.58. The molecular formula is C22H19BrN4O9S2. The van der Waals surface area contributed by atoms with Gasteiger partial charge in [0.05, 0.1) is 28.7 Å². The van der Waals surface area contributed by atoms with Crippen molar-refractivity contribution in [1.82, 2.24) is 14.7 Å². The Hall–Kier alpha value is -3.24. The Labute approximate surface area is 228 Å². The van der Waals surface area contributed by atoms with Crippen LogP contribution in [-0.4, -0.2) is 61.3 Å². The second kappa shape index (κ2) is 9.50. The van der Waals surface area contributed by atoms with E-state index < -0.39 is 48.4 Å². The van der Waals surface area contributed by atoms with Crippen molar-refractivity contribution in [2.24, 2.45) is 0 Å². The van der Waals surface area contributed by atoms with Gasteiger partial charge in [-0.2, -0.15) is 5.10 Å². The topological polar surface area (TPSA) is 168 Å². The fraction of sp³-hybridized carbons (Fsp3) is 0.364. The number of amides is 1. The van der Waals surface area contributed by atoms with Crippen molar-refractivity contribution in [2.75, 3.05) is 5.75 Å². The van der Waals surface area contributed by atoms with Gasteiger partial charge >= 0.3 is 11.9 Å². The van der Waals surface area contributed by atoms with Crippen LogP contribution < -0.4 is 0 Å². The first-order valence-corrected chi connectivity index (χ1v) is 14.7. The van der Waals surface area contributed by atoms with E-state index in [-0.39, 0.29) is 41.7 Å². The van der Waals surface area contributed by atoms with Crippen molar-refractivity contribution in [2.45, 2.75) is 41.6 Å². The van der Waals surface area contributed by atoms with E-state index in [2.05, 4.69) is 21.0 Å². The van der Waals surface area contributed by atoms with E-state index in [1.165, 1.54) is 52.2 Å². The quantitative estimate of drug-likeness (QED) is 0.145. The summed E-state index contributed by atoms with van der Waals surface area (Å²) < 4.78 is 35.0. The number of sulfone groups is 1.